The van der Waals surface area contributed by atoms with Crippen LogP contribution in [0.2, 0.25) is 5.02 Å². The second kappa shape index (κ2) is 6.19. The Labute approximate surface area is 150 Å². The maximum absolute atomic E-state index is 12.7. The van der Waals surface area contributed by atoms with Gasteiger partial charge in [0.1, 0.15) is 5.69 Å². The monoisotopic (exact) mass is 356 g/mol. The third kappa shape index (κ3) is 2.80. The highest BCUT2D eigenvalue weighted by Gasteiger charge is 2.23. The normalized spacial score (nSPS) is 16.3. The molecule has 2 heterocycles. The topological polar surface area (TPSA) is 34.0 Å². The molecule has 0 aliphatic carbocycles. The molecule has 0 bridgehead atoms. The molecule has 0 fully saturated rings. The van der Waals surface area contributed by atoms with E-state index < -0.39 is 0 Å². The van der Waals surface area contributed by atoms with Crippen molar-refractivity contribution in [1.29, 1.82) is 0 Å². The lowest BCUT2D eigenvalue weighted by Gasteiger charge is -2.22. The van der Waals surface area contributed by atoms with Crippen LogP contribution < -0.4 is 5.32 Å². The highest BCUT2D eigenvalue weighted by atomic mass is 35.5. The molecular weight excluding hydrogens is 340 g/mol. The third-order valence-electron chi connectivity index (χ3n) is 4.25. The molecule has 1 N–H and O–H groups in total. The SMILES string of the molecule is C[C@H]1Cn2c(C(=O)NCc3ccc(Cl)cc3)cc3cccc(c32)S1. The van der Waals surface area contributed by atoms with Crippen LogP contribution in [0.15, 0.2) is 53.4 Å². The summed E-state index contributed by atoms with van der Waals surface area (Å²) in [6.07, 6.45) is 0. The minimum absolute atomic E-state index is 0.0359. The zero-order valence-corrected chi connectivity index (χ0v) is 14.8. The molecule has 3 aromatic rings. The molecule has 1 aliphatic heterocycles. The van der Waals surface area contributed by atoms with Crippen molar-refractivity contribution < 1.29 is 4.79 Å². The lowest BCUT2D eigenvalue weighted by atomic mass is 10.2. The van der Waals surface area contributed by atoms with Gasteiger partial charge >= 0.3 is 0 Å². The molecule has 1 amide bonds. The number of carbonyl (C=O) groups is 1. The largest absolute Gasteiger partial charge is 0.347 e. The fourth-order valence-electron chi connectivity index (χ4n) is 3.15. The number of aromatic nitrogens is 1. The minimum Gasteiger partial charge on any atom is -0.347 e. The Bertz CT molecular complexity index is 917. The molecule has 24 heavy (non-hydrogen) atoms. The second-order valence-corrected chi connectivity index (χ2v) is 7.99. The molecule has 0 radical (unpaired) electrons. The number of hydrogen-bond donors (Lipinski definition) is 1. The average Bonchev–Trinajstić information content (AvgIpc) is 2.94. The number of carbonyl (C=O) groups excluding carboxylic acids is 1. The number of rotatable bonds is 3. The second-order valence-electron chi connectivity index (χ2n) is 6.07. The van der Waals surface area contributed by atoms with Gasteiger partial charge in [-0.2, -0.15) is 0 Å². The Balaban J connectivity index is 1.62. The van der Waals surface area contributed by atoms with Crippen LogP contribution in [0.4, 0.5) is 0 Å². The van der Waals surface area contributed by atoms with Gasteiger partial charge in [-0.3, -0.25) is 4.79 Å². The fourth-order valence-corrected chi connectivity index (χ4v) is 4.43. The third-order valence-corrected chi connectivity index (χ3v) is 5.64. The number of nitrogens with one attached hydrogen (secondary N) is 1. The lowest BCUT2D eigenvalue weighted by molar-refractivity contribution is 0.0942. The quantitative estimate of drug-likeness (QED) is 0.736. The molecular formula is C19H17ClN2OS. The molecule has 2 aromatic carbocycles. The molecule has 0 saturated carbocycles. The van der Waals surface area contributed by atoms with E-state index in [9.17, 15) is 4.79 Å². The molecule has 5 heteroatoms. The van der Waals surface area contributed by atoms with Crippen LogP contribution in [0.25, 0.3) is 10.9 Å². The molecule has 1 aliphatic rings. The molecule has 0 spiro atoms. The number of amides is 1. The molecule has 3 nitrogen and oxygen atoms in total. The highest BCUT2D eigenvalue weighted by molar-refractivity contribution is 8.00. The van der Waals surface area contributed by atoms with Crippen molar-refractivity contribution in [2.75, 3.05) is 0 Å². The maximum atomic E-state index is 12.7. The summed E-state index contributed by atoms with van der Waals surface area (Å²) in [7, 11) is 0. The molecule has 4 rings (SSSR count). The summed E-state index contributed by atoms with van der Waals surface area (Å²) < 4.78 is 2.16. The fraction of sp³-hybridized carbons (Fsp3) is 0.211. The van der Waals surface area contributed by atoms with E-state index >= 15 is 0 Å². The molecule has 0 unspecified atom stereocenters. The van der Waals surface area contributed by atoms with Crippen molar-refractivity contribution in [3.05, 3.63) is 64.8 Å². The van der Waals surface area contributed by atoms with Gasteiger partial charge < -0.3 is 9.88 Å². The van der Waals surface area contributed by atoms with Gasteiger partial charge in [-0.15, -0.1) is 11.8 Å². The first-order chi connectivity index (χ1) is 11.6. The highest BCUT2D eigenvalue weighted by Crippen LogP contribution is 2.38. The van der Waals surface area contributed by atoms with E-state index in [1.165, 1.54) is 10.4 Å². The van der Waals surface area contributed by atoms with E-state index in [1.807, 2.05) is 42.1 Å². The van der Waals surface area contributed by atoms with Gasteiger partial charge in [-0.25, -0.2) is 0 Å². The lowest BCUT2D eigenvalue weighted by Crippen LogP contribution is -2.27. The van der Waals surface area contributed by atoms with Crippen LogP contribution in [0.3, 0.4) is 0 Å². The first kappa shape index (κ1) is 15.6. The summed E-state index contributed by atoms with van der Waals surface area (Å²) in [6, 6.07) is 15.8. The van der Waals surface area contributed by atoms with E-state index in [-0.39, 0.29) is 5.91 Å². The number of nitrogens with zero attached hydrogens (tertiary/aromatic N) is 1. The van der Waals surface area contributed by atoms with Gasteiger partial charge in [-0.05, 0) is 29.8 Å². The molecule has 0 saturated heterocycles. The van der Waals surface area contributed by atoms with Crippen LogP contribution in [-0.4, -0.2) is 15.7 Å². The van der Waals surface area contributed by atoms with Crippen molar-refractivity contribution in [3.63, 3.8) is 0 Å². The Hall–Kier alpha value is -1.91. The van der Waals surface area contributed by atoms with Crippen LogP contribution in [-0.2, 0) is 13.1 Å². The standard InChI is InChI=1S/C19H17ClN2OS/c1-12-11-22-16(9-14-3-2-4-17(24-12)18(14)22)19(23)21-10-13-5-7-15(20)8-6-13/h2-9,12H,10-11H2,1H3,(H,21,23)/t12-/m0/s1. The van der Waals surface area contributed by atoms with Gasteiger partial charge in [-0.1, -0.05) is 42.8 Å². The van der Waals surface area contributed by atoms with Crippen LogP contribution in [0.1, 0.15) is 23.0 Å². The van der Waals surface area contributed by atoms with Gasteiger partial charge in [0.05, 0.1) is 5.52 Å². The number of benzene rings is 2. The van der Waals surface area contributed by atoms with Crippen LogP contribution in [0, 0.1) is 0 Å². The summed E-state index contributed by atoms with van der Waals surface area (Å²) in [4.78, 5) is 14.0. The summed E-state index contributed by atoms with van der Waals surface area (Å²) >= 11 is 7.77. The zero-order valence-electron chi connectivity index (χ0n) is 13.3. The zero-order chi connectivity index (χ0) is 16.7. The van der Waals surface area contributed by atoms with Gasteiger partial charge in [0.25, 0.3) is 5.91 Å². The van der Waals surface area contributed by atoms with Crippen molar-refractivity contribution in [2.45, 2.75) is 30.2 Å². The van der Waals surface area contributed by atoms with E-state index in [4.69, 9.17) is 11.6 Å². The van der Waals surface area contributed by atoms with Crippen molar-refractivity contribution >= 4 is 40.2 Å². The van der Waals surface area contributed by atoms with Crippen molar-refractivity contribution in [2.24, 2.45) is 0 Å². The van der Waals surface area contributed by atoms with Crippen molar-refractivity contribution in [1.82, 2.24) is 9.88 Å². The number of halogens is 1. The van der Waals surface area contributed by atoms with Crippen molar-refractivity contribution in [3.8, 4) is 0 Å². The number of para-hydroxylation sites is 1. The summed E-state index contributed by atoms with van der Waals surface area (Å²) in [5.74, 6) is -0.0359. The predicted molar refractivity (Wildman–Crippen MR) is 99.9 cm³/mol. The number of hydrogen-bond acceptors (Lipinski definition) is 2. The Morgan fingerprint density at radius 3 is 2.88 bits per heavy atom. The summed E-state index contributed by atoms with van der Waals surface area (Å²) in [5.41, 5.74) is 2.95. The Kier molecular flexibility index (Phi) is 4.02. The smallest absolute Gasteiger partial charge is 0.268 e. The van der Waals surface area contributed by atoms with E-state index in [0.29, 0.717) is 16.8 Å². The van der Waals surface area contributed by atoms with Crippen LogP contribution >= 0.6 is 23.4 Å². The Morgan fingerprint density at radius 1 is 1.29 bits per heavy atom. The molecule has 1 aromatic heterocycles. The Morgan fingerprint density at radius 2 is 2.08 bits per heavy atom. The van der Waals surface area contributed by atoms with E-state index in [2.05, 4.69) is 35.0 Å². The summed E-state index contributed by atoms with van der Waals surface area (Å²) in [5, 5.41) is 5.30. The predicted octanol–water partition coefficient (Wildman–Crippen LogP) is 4.72. The first-order valence-electron chi connectivity index (χ1n) is 7.93. The average molecular weight is 357 g/mol. The van der Waals surface area contributed by atoms with Crippen LogP contribution in [0.5, 0.6) is 0 Å². The van der Waals surface area contributed by atoms with Gasteiger partial charge in [0, 0.05) is 33.6 Å². The molecule has 1 atom stereocenters. The number of thioether (sulfide) groups is 1. The van der Waals surface area contributed by atoms with Gasteiger partial charge in [0.2, 0.25) is 0 Å². The molecule has 122 valence electrons. The van der Waals surface area contributed by atoms with E-state index in [1.54, 1.807) is 0 Å². The first-order valence-corrected chi connectivity index (χ1v) is 9.19. The maximum Gasteiger partial charge on any atom is 0.268 e. The van der Waals surface area contributed by atoms with E-state index in [0.717, 1.165) is 23.2 Å². The van der Waals surface area contributed by atoms with Gasteiger partial charge in [0.15, 0.2) is 0 Å². The minimum atomic E-state index is -0.0359. The summed E-state index contributed by atoms with van der Waals surface area (Å²) in [6.45, 7) is 3.55.